The lowest BCUT2D eigenvalue weighted by Crippen LogP contribution is -2.41. The molecule has 0 spiro atoms. The van der Waals surface area contributed by atoms with Gasteiger partial charge in [-0.15, -0.1) is 0 Å². The number of alkyl carbamates (subject to hydrolysis) is 1. The highest BCUT2D eigenvalue weighted by Crippen LogP contribution is 2.26. The fourth-order valence-corrected chi connectivity index (χ4v) is 3.13. The molecule has 3 aromatic carbocycles. The highest BCUT2D eigenvalue weighted by atomic mass is 16.6. The molecule has 156 valence electrons. The van der Waals surface area contributed by atoms with Gasteiger partial charge in [0.25, 0.3) is 0 Å². The normalized spacial score (nSPS) is 11.8. The molecule has 0 aliphatic carbocycles. The molecule has 1 atom stereocenters. The number of carbonyl (C=O) groups is 2. The van der Waals surface area contributed by atoms with Gasteiger partial charge in [0, 0.05) is 11.5 Å². The van der Waals surface area contributed by atoms with E-state index in [1.54, 1.807) is 24.3 Å². The Morgan fingerprint density at radius 3 is 2.42 bits per heavy atom. The van der Waals surface area contributed by atoms with Gasteiger partial charge in [-0.2, -0.15) is 0 Å². The smallest absolute Gasteiger partial charge is 0.408 e. The van der Waals surface area contributed by atoms with Gasteiger partial charge in [-0.1, -0.05) is 48.5 Å². The summed E-state index contributed by atoms with van der Waals surface area (Å²) in [6, 6.07) is 20.2. The summed E-state index contributed by atoms with van der Waals surface area (Å²) < 4.78 is 15.8. The van der Waals surface area contributed by atoms with Crippen LogP contribution in [0.1, 0.15) is 12.5 Å². The van der Waals surface area contributed by atoms with Crippen LogP contribution in [-0.2, 0) is 16.1 Å². The standard InChI is InChI=1S/C24H19NO6/c1-15(25-24(28)29-14-16-7-3-2-4-8-16)22(26)30-17-11-12-19-18-9-5-6-10-20(18)23(27)31-21(19)13-17/h2-13,15H,14H2,1H3,(H,25,28)/t15-/m1/s1. The molecule has 0 radical (unpaired) electrons. The first-order valence-electron chi connectivity index (χ1n) is 9.66. The fourth-order valence-electron chi connectivity index (χ4n) is 3.13. The molecule has 0 aliphatic rings. The van der Waals surface area contributed by atoms with Crippen LogP contribution in [0.2, 0.25) is 0 Å². The minimum Gasteiger partial charge on any atom is -0.445 e. The van der Waals surface area contributed by atoms with Crippen molar-refractivity contribution in [1.29, 1.82) is 0 Å². The van der Waals surface area contributed by atoms with Crippen LogP contribution in [0, 0.1) is 0 Å². The second-order valence-electron chi connectivity index (χ2n) is 6.94. The Labute approximate surface area is 177 Å². The lowest BCUT2D eigenvalue weighted by molar-refractivity contribution is -0.136. The van der Waals surface area contributed by atoms with Gasteiger partial charge in [-0.3, -0.25) is 0 Å². The van der Waals surface area contributed by atoms with E-state index in [1.807, 2.05) is 42.5 Å². The first-order valence-corrected chi connectivity index (χ1v) is 9.66. The van der Waals surface area contributed by atoms with Crippen molar-refractivity contribution in [3.8, 4) is 5.75 Å². The maximum atomic E-state index is 12.4. The summed E-state index contributed by atoms with van der Waals surface area (Å²) >= 11 is 0. The second kappa shape index (κ2) is 8.71. The number of hydrogen-bond donors (Lipinski definition) is 1. The first kappa shape index (κ1) is 20.2. The molecule has 4 rings (SSSR count). The summed E-state index contributed by atoms with van der Waals surface area (Å²) in [5.41, 5.74) is 0.665. The predicted octanol–water partition coefficient (Wildman–Crippen LogP) is 4.17. The molecular formula is C24H19NO6. The topological polar surface area (TPSA) is 94.8 Å². The van der Waals surface area contributed by atoms with Crippen molar-refractivity contribution in [3.05, 3.63) is 88.8 Å². The quantitative estimate of drug-likeness (QED) is 0.227. The third-order valence-electron chi connectivity index (χ3n) is 4.71. The van der Waals surface area contributed by atoms with Gasteiger partial charge >= 0.3 is 17.7 Å². The number of esters is 1. The van der Waals surface area contributed by atoms with E-state index in [9.17, 15) is 14.4 Å². The number of ether oxygens (including phenoxy) is 2. The first-order chi connectivity index (χ1) is 15.0. The van der Waals surface area contributed by atoms with E-state index in [2.05, 4.69) is 5.32 Å². The third kappa shape index (κ3) is 4.56. The van der Waals surface area contributed by atoms with E-state index in [-0.39, 0.29) is 12.4 Å². The Balaban J connectivity index is 1.42. The van der Waals surface area contributed by atoms with Gasteiger partial charge in [0.1, 0.15) is 24.0 Å². The van der Waals surface area contributed by atoms with Crippen LogP contribution in [0.4, 0.5) is 4.79 Å². The van der Waals surface area contributed by atoms with Gasteiger partial charge < -0.3 is 19.2 Å². The van der Waals surface area contributed by atoms with Gasteiger partial charge in [0.05, 0.1) is 5.39 Å². The van der Waals surface area contributed by atoms with Crippen LogP contribution in [0.3, 0.4) is 0 Å². The van der Waals surface area contributed by atoms with Crippen LogP contribution < -0.4 is 15.7 Å². The van der Waals surface area contributed by atoms with Crippen molar-refractivity contribution in [2.24, 2.45) is 0 Å². The van der Waals surface area contributed by atoms with E-state index < -0.39 is 23.7 Å². The largest absolute Gasteiger partial charge is 0.445 e. The Morgan fingerprint density at radius 2 is 1.65 bits per heavy atom. The van der Waals surface area contributed by atoms with Crippen LogP contribution in [-0.4, -0.2) is 18.1 Å². The number of benzene rings is 3. The molecule has 1 N–H and O–H groups in total. The summed E-state index contributed by atoms with van der Waals surface area (Å²) in [4.78, 5) is 36.5. The van der Waals surface area contributed by atoms with Crippen molar-refractivity contribution in [3.63, 3.8) is 0 Å². The van der Waals surface area contributed by atoms with Gasteiger partial charge in [0.15, 0.2) is 0 Å². The Morgan fingerprint density at radius 1 is 0.935 bits per heavy atom. The van der Waals surface area contributed by atoms with Gasteiger partial charge in [-0.05, 0) is 36.1 Å². The zero-order valence-electron chi connectivity index (χ0n) is 16.7. The Hall–Kier alpha value is -4.13. The van der Waals surface area contributed by atoms with Crippen LogP contribution in [0.25, 0.3) is 21.7 Å². The number of fused-ring (bicyclic) bond motifs is 3. The molecule has 31 heavy (non-hydrogen) atoms. The highest BCUT2D eigenvalue weighted by molar-refractivity contribution is 6.04. The van der Waals surface area contributed by atoms with Crippen molar-refractivity contribution >= 4 is 33.8 Å². The van der Waals surface area contributed by atoms with E-state index >= 15 is 0 Å². The van der Waals surface area contributed by atoms with E-state index in [4.69, 9.17) is 13.9 Å². The minimum absolute atomic E-state index is 0.0894. The maximum absolute atomic E-state index is 12.4. The summed E-state index contributed by atoms with van der Waals surface area (Å²) in [6.07, 6.45) is -0.732. The Kier molecular flexibility index (Phi) is 5.66. The molecule has 0 saturated carbocycles. The van der Waals surface area contributed by atoms with Crippen molar-refractivity contribution in [2.45, 2.75) is 19.6 Å². The van der Waals surface area contributed by atoms with Crippen LogP contribution >= 0.6 is 0 Å². The van der Waals surface area contributed by atoms with Crippen LogP contribution in [0.15, 0.2) is 82.0 Å². The molecule has 7 heteroatoms. The molecule has 1 amide bonds. The molecule has 0 bridgehead atoms. The zero-order chi connectivity index (χ0) is 21.8. The SMILES string of the molecule is C[C@@H](NC(=O)OCc1ccccc1)C(=O)Oc1ccc2c(c1)oc(=O)c1ccccc12. The number of amides is 1. The lowest BCUT2D eigenvalue weighted by atomic mass is 10.1. The fraction of sp³-hybridized carbons (Fsp3) is 0.125. The van der Waals surface area contributed by atoms with Gasteiger partial charge in [0.2, 0.25) is 0 Å². The molecule has 0 aliphatic heterocycles. The van der Waals surface area contributed by atoms with E-state index in [1.165, 1.54) is 13.0 Å². The number of nitrogens with one attached hydrogen (secondary N) is 1. The van der Waals surface area contributed by atoms with Crippen molar-refractivity contribution < 1.29 is 23.5 Å². The van der Waals surface area contributed by atoms with E-state index in [0.717, 1.165) is 16.3 Å². The zero-order valence-corrected chi connectivity index (χ0v) is 16.7. The molecule has 1 heterocycles. The third-order valence-corrected chi connectivity index (χ3v) is 4.71. The summed E-state index contributed by atoms with van der Waals surface area (Å²) in [6.45, 7) is 1.58. The monoisotopic (exact) mass is 417 g/mol. The van der Waals surface area contributed by atoms with Crippen molar-refractivity contribution in [1.82, 2.24) is 5.32 Å². The molecule has 7 nitrogen and oxygen atoms in total. The molecule has 1 aromatic heterocycles. The Bertz CT molecular complexity index is 1310. The highest BCUT2D eigenvalue weighted by Gasteiger charge is 2.19. The van der Waals surface area contributed by atoms with Gasteiger partial charge in [-0.25, -0.2) is 14.4 Å². The summed E-state index contributed by atoms with van der Waals surface area (Å²) in [7, 11) is 0. The summed E-state index contributed by atoms with van der Waals surface area (Å²) in [5, 5.41) is 4.39. The molecule has 0 fully saturated rings. The average Bonchev–Trinajstić information content (AvgIpc) is 2.78. The molecule has 0 unspecified atom stereocenters. The minimum atomic E-state index is -0.942. The van der Waals surface area contributed by atoms with E-state index in [0.29, 0.717) is 11.0 Å². The predicted molar refractivity (Wildman–Crippen MR) is 115 cm³/mol. The second-order valence-corrected chi connectivity index (χ2v) is 6.94. The molecular weight excluding hydrogens is 398 g/mol. The van der Waals surface area contributed by atoms with Crippen LogP contribution in [0.5, 0.6) is 5.75 Å². The molecule has 4 aromatic rings. The maximum Gasteiger partial charge on any atom is 0.408 e. The average molecular weight is 417 g/mol. The lowest BCUT2D eigenvalue weighted by Gasteiger charge is -2.13. The number of rotatable bonds is 5. The number of carbonyl (C=O) groups excluding carboxylic acids is 2. The number of hydrogen-bond acceptors (Lipinski definition) is 6. The summed E-state index contributed by atoms with van der Waals surface area (Å²) in [5.74, 6) is -0.485. The van der Waals surface area contributed by atoms with Crippen molar-refractivity contribution in [2.75, 3.05) is 0 Å². The molecule has 0 saturated heterocycles.